The number of benzene rings is 2. The Morgan fingerprint density at radius 1 is 0.926 bits per heavy atom. The van der Waals surface area contributed by atoms with E-state index in [2.05, 4.69) is 10.4 Å². The minimum atomic E-state index is -0.0699. The van der Waals surface area contributed by atoms with Gasteiger partial charge >= 0.3 is 0 Å². The zero-order valence-electron chi connectivity index (χ0n) is 14.8. The summed E-state index contributed by atoms with van der Waals surface area (Å²) >= 11 is 0. The van der Waals surface area contributed by atoms with Gasteiger partial charge in [0.05, 0.1) is 11.9 Å². The monoisotopic (exact) mass is 356 g/mol. The summed E-state index contributed by atoms with van der Waals surface area (Å²) in [5.41, 5.74) is 3.73. The molecule has 2 heterocycles. The molecule has 0 atom stereocenters. The van der Waals surface area contributed by atoms with Crippen LogP contribution in [0, 0.1) is 0 Å². The van der Waals surface area contributed by atoms with Crippen LogP contribution in [0.4, 0.5) is 0 Å². The third-order valence-corrected chi connectivity index (χ3v) is 4.37. The van der Waals surface area contributed by atoms with Gasteiger partial charge in [-0.1, -0.05) is 24.3 Å². The summed E-state index contributed by atoms with van der Waals surface area (Å²) in [5, 5.41) is 7.37. The predicted octanol–water partition coefficient (Wildman–Crippen LogP) is 3.64. The van der Waals surface area contributed by atoms with E-state index >= 15 is 0 Å². The van der Waals surface area contributed by atoms with E-state index in [1.54, 1.807) is 0 Å². The highest BCUT2D eigenvalue weighted by Gasteiger charge is 2.07. The molecule has 1 amide bonds. The van der Waals surface area contributed by atoms with E-state index in [9.17, 15) is 4.79 Å². The van der Waals surface area contributed by atoms with Gasteiger partial charge in [-0.05, 0) is 54.4 Å². The fourth-order valence-electron chi connectivity index (χ4n) is 2.95. The topological polar surface area (TPSA) is 51.9 Å². The number of nitrogens with one attached hydrogen (secondary N) is 1. The first-order valence-corrected chi connectivity index (χ1v) is 8.90. The van der Waals surface area contributed by atoms with Crippen LogP contribution >= 0.6 is 0 Å². The lowest BCUT2D eigenvalue weighted by Gasteiger charge is -2.07. The molecule has 0 saturated heterocycles. The van der Waals surface area contributed by atoms with Crippen LogP contribution in [-0.4, -0.2) is 26.8 Å². The van der Waals surface area contributed by atoms with Crippen LogP contribution in [0.15, 0.2) is 91.5 Å². The highest BCUT2D eigenvalue weighted by atomic mass is 16.1. The lowest BCUT2D eigenvalue weighted by Crippen LogP contribution is -2.25. The smallest absolute Gasteiger partial charge is 0.251 e. The molecular weight excluding hydrogens is 336 g/mol. The second kappa shape index (κ2) is 7.74. The van der Waals surface area contributed by atoms with E-state index in [4.69, 9.17) is 0 Å². The Hall–Kier alpha value is -3.60. The maximum Gasteiger partial charge on any atom is 0.251 e. The van der Waals surface area contributed by atoms with E-state index in [0.29, 0.717) is 12.1 Å². The van der Waals surface area contributed by atoms with Gasteiger partial charge < -0.3 is 9.88 Å². The Kier molecular flexibility index (Phi) is 4.83. The fraction of sp³-hybridized carbons (Fsp3) is 0.0909. The van der Waals surface area contributed by atoms with Crippen molar-refractivity contribution in [3.8, 4) is 11.4 Å². The normalized spacial score (nSPS) is 10.7. The van der Waals surface area contributed by atoms with Gasteiger partial charge in [-0.25, -0.2) is 4.68 Å². The first kappa shape index (κ1) is 16.8. The van der Waals surface area contributed by atoms with Gasteiger partial charge in [0.25, 0.3) is 5.91 Å². The molecule has 4 aromatic rings. The molecule has 1 N–H and O–H groups in total. The number of para-hydroxylation sites is 1. The molecule has 134 valence electrons. The highest BCUT2D eigenvalue weighted by Crippen LogP contribution is 2.11. The van der Waals surface area contributed by atoms with Crippen LogP contribution < -0.4 is 5.32 Å². The first-order valence-electron chi connectivity index (χ1n) is 8.90. The Labute approximate surface area is 157 Å². The summed E-state index contributed by atoms with van der Waals surface area (Å²) in [4.78, 5) is 12.4. The van der Waals surface area contributed by atoms with Crippen molar-refractivity contribution >= 4 is 5.91 Å². The molecule has 0 aliphatic carbocycles. The van der Waals surface area contributed by atoms with Gasteiger partial charge in [0.1, 0.15) is 0 Å². The van der Waals surface area contributed by atoms with Crippen molar-refractivity contribution in [2.24, 2.45) is 0 Å². The molecule has 4 rings (SSSR count). The molecule has 27 heavy (non-hydrogen) atoms. The summed E-state index contributed by atoms with van der Waals surface area (Å²) in [5.74, 6) is -0.0699. The molecule has 0 aliphatic rings. The van der Waals surface area contributed by atoms with Gasteiger partial charge in [-0.2, -0.15) is 5.10 Å². The maximum atomic E-state index is 12.4. The molecule has 0 aliphatic heterocycles. The minimum absolute atomic E-state index is 0.0699. The summed E-state index contributed by atoms with van der Waals surface area (Å²) in [6.45, 7) is 0.563. The molecule has 0 spiro atoms. The average Bonchev–Trinajstić information content (AvgIpc) is 3.41. The van der Waals surface area contributed by atoms with Gasteiger partial charge in [-0.3, -0.25) is 4.79 Å². The molecule has 0 radical (unpaired) electrons. The van der Waals surface area contributed by atoms with Crippen molar-refractivity contribution < 1.29 is 4.79 Å². The second-order valence-electron chi connectivity index (χ2n) is 6.28. The predicted molar refractivity (Wildman–Crippen MR) is 105 cm³/mol. The SMILES string of the molecule is O=C(NCCc1cnn(-c2ccccc2)c1)c1cccc(-n2cccc2)c1. The number of hydrogen-bond donors (Lipinski definition) is 1. The molecule has 5 heteroatoms. The fourth-order valence-corrected chi connectivity index (χ4v) is 2.95. The van der Waals surface area contributed by atoms with Crippen molar-refractivity contribution in [3.63, 3.8) is 0 Å². The number of amides is 1. The van der Waals surface area contributed by atoms with E-state index in [-0.39, 0.29) is 5.91 Å². The van der Waals surface area contributed by atoms with Crippen LogP contribution in [0.3, 0.4) is 0 Å². The second-order valence-corrected chi connectivity index (χ2v) is 6.28. The summed E-state index contributed by atoms with van der Waals surface area (Å²) in [7, 11) is 0. The molecule has 0 unspecified atom stereocenters. The third kappa shape index (κ3) is 3.98. The minimum Gasteiger partial charge on any atom is -0.352 e. The zero-order valence-corrected chi connectivity index (χ0v) is 14.8. The lowest BCUT2D eigenvalue weighted by molar-refractivity contribution is 0.0954. The quantitative estimate of drug-likeness (QED) is 0.573. The Morgan fingerprint density at radius 2 is 1.70 bits per heavy atom. The Morgan fingerprint density at radius 3 is 2.52 bits per heavy atom. The first-order chi connectivity index (χ1) is 13.3. The molecule has 2 aromatic carbocycles. The van der Waals surface area contributed by atoms with Crippen molar-refractivity contribution in [1.82, 2.24) is 19.7 Å². The third-order valence-electron chi connectivity index (χ3n) is 4.37. The summed E-state index contributed by atoms with van der Waals surface area (Å²) in [6, 6.07) is 21.5. The van der Waals surface area contributed by atoms with Gasteiger partial charge in [0.15, 0.2) is 0 Å². The van der Waals surface area contributed by atoms with E-state index in [1.165, 1.54) is 0 Å². The molecule has 0 bridgehead atoms. The maximum absolute atomic E-state index is 12.4. The van der Waals surface area contributed by atoms with Crippen LogP contribution in [0.2, 0.25) is 0 Å². The number of rotatable bonds is 6. The molecule has 0 saturated carbocycles. The Balaban J connectivity index is 1.35. The summed E-state index contributed by atoms with van der Waals surface area (Å²) in [6.07, 6.45) is 8.48. The van der Waals surface area contributed by atoms with E-state index in [1.807, 2.05) is 101 Å². The van der Waals surface area contributed by atoms with Gasteiger partial charge in [0.2, 0.25) is 0 Å². The molecule has 5 nitrogen and oxygen atoms in total. The van der Waals surface area contributed by atoms with Gasteiger partial charge in [0, 0.05) is 36.4 Å². The standard InChI is InChI=1S/C22H20N4O/c27-22(19-7-6-10-21(15-19)25-13-4-5-14-25)23-12-11-18-16-24-26(17-18)20-8-2-1-3-9-20/h1-10,13-17H,11-12H2,(H,23,27). The zero-order chi connectivity index (χ0) is 18.5. The number of carbonyl (C=O) groups excluding carboxylic acids is 1. The van der Waals surface area contributed by atoms with Crippen molar-refractivity contribution in [2.75, 3.05) is 6.54 Å². The van der Waals surface area contributed by atoms with Crippen LogP contribution in [0.25, 0.3) is 11.4 Å². The number of hydrogen-bond acceptors (Lipinski definition) is 2. The number of aromatic nitrogens is 3. The molecular formula is C22H20N4O. The lowest BCUT2D eigenvalue weighted by atomic mass is 10.2. The van der Waals surface area contributed by atoms with Gasteiger partial charge in [-0.15, -0.1) is 0 Å². The van der Waals surface area contributed by atoms with Crippen molar-refractivity contribution in [1.29, 1.82) is 0 Å². The van der Waals surface area contributed by atoms with Crippen LogP contribution in [0.1, 0.15) is 15.9 Å². The number of nitrogens with zero attached hydrogens (tertiary/aromatic N) is 3. The number of carbonyl (C=O) groups is 1. The molecule has 2 aromatic heterocycles. The Bertz CT molecular complexity index is 1020. The summed E-state index contributed by atoms with van der Waals surface area (Å²) < 4.78 is 3.83. The molecule has 0 fully saturated rings. The van der Waals surface area contributed by atoms with Crippen molar-refractivity contribution in [3.05, 3.63) is 103 Å². The van der Waals surface area contributed by atoms with Crippen LogP contribution in [0.5, 0.6) is 0 Å². The van der Waals surface area contributed by atoms with Crippen molar-refractivity contribution in [2.45, 2.75) is 6.42 Å². The van der Waals surface area contributed by atoms with E-state index in [0.717, 1.165) is 23.4 Å². The average molecular weight is 356 g/mol. The highest BCUT2D eigenvalue weighted by molar-refractivity contribution is 5.94. The van der Waals surface area contributed by atoms with E-state index < -0.39 is 0 Å². The largest absolute Gasteiger partial charge is 0.352 e. The van der Waals surface area contributed by atoms with Crippen LogP contribution in [-0.2, 0) is 6.42 Å².